The first-order valence-corrected chi connectivity index (χ1v) is 4.80. The number of rotatable bonds is 3. The van der Waals surface area contributed by atoms with E-state index in [1.54, 1.807) is 6.20 Å². The van der Waals surface area contributed by atoms with Crippen LogP contribution in [0.15, 0.2) is 24.2 Å². The molecule has 14 heavy (non-hydrogen) atoms. The van der Waals surface area contributed by atoms with Gasteiger partial charge in [0.15, 0.2) is 0 Å². The van der Waals surface area contributed by atoms with E-state index in [-0.39, 0.29) is 6.04 Å². The van der Waals surface area contributed by atoms with Gasteiger partial charge in [0, 0.05) is 25.9 Å². The first kappa shape index (κ1) is 9.27. The van der Waals surface area contributed by atoms with E-state index in [0.29, 0.717) is 0 Å². The van der Waals surface area contributed by atoms with Crippen LogP contribution in [-0.4, -0.2) is 23.2 Å². The Morgan fingerprint density at radius 3 is 3.00 bits per heavy atom. The number of likely N-dealkylation sites (N-methyl/N-ethyl adjacent to an activating group) is 1. The Morgan fingerprint density at radius 2 is 2.50 bits per heavy atom. The Morgan fingerprint density at radius 1 is 1.64 bits per heavy atom. The summed E-state index contributed by atoms with van der Waals surface area (Å²) in [4.78, 5) is 4.31. The molecule has 2 rings (SSSR count). The lowest BCUT2D eigenvalue weighted by molar-refractivity contribution is 0.215. The molecule has 1 aliphatic rings. The van der Waals surface area contributed by atoms with Crippen LogP contribution in [-0.2, 0) is 11.8 Å². The predicted octanol–water partition coefficient (Wildman–Crippen LogP) is 0.985. The van der Waals surface area contributed by atoms with Gasteiger partial charge in [-0.3, -0.25) is 0 Å². The molecule has 1 unspecified atom stereocenters. The molecule has 0 fully saturated rings. The zero-order chi connectivity index (χ0) is 9.97. The summed E-state index contributed by atoms with van der Waals surface area (Å²) in [5, 5.41) is 3.21. The highest BCUT2D eigenvalue weighted by Crippen LogP contribution is 2.24. The van der Waals surface area contributed by atoms with Crippen molar-refractivity contribution in [2.75, 3.05) is 13.7 Å². The lowest BCUT2D eigenvalue weighted by Crippen LogP contribution is -2.22. The normalized spacial score (nSPS) is 17.7. The molecule has 0 saturated carbocycles. The van der Waals surface area contributed by atoms with E-state index in [1.807, 2.05) is 24.9 Å². The standard InChI is InChI=1S/C10H15N3O/c1-11-9(8-4-3-7-14-8)10-12-5-6-13(10)2/h4-6,9,11H,3,7H2,1-2H3. The smallest absolute Gasteiger partial charge is 0.133 e. The topological polar surface area (TPSA) is 39.1 Å². The van der Waals surface area contributed by atoms with Crippen molar-refractivity contribution in [3.63, 3.8) is 0 Å². The number of ether oxygens (including phenoxy) is 1. The lowest BCUT2D eigenvalue weighted by Gasteiger charge is -2.16. The fourth-order valence-electron chi connectivity index (χ4n) is 1.69. The van der Waals surface area contributed by atoms with E-state index in [2.05, 4.69) is 16.4 Å². The van der Waals surface area contributed by atoms with Crippen molar-refractivity contribution in [1.29, 1.82) is 0 Å². The maximum Gasteiger partial charge on any atom is 0.133 e. The second-order valence-electron chi connectivity index (χ2n) is 3.36. The van der Waals surface area contributed by atoms with Crippen molar-refractivity contribution in [1.82, 2.24) is 14.9 Å². The van der Waals surface area contributed by atoms with Crippen LogP contribution in [0.4, 0.5) is 0 Å². The van der Waals surface area contributed by atoms with E-state index in [9.17, 15) is 0 Å². The van der Waals surface area contributed by atoms with Gasteiger partial charge in [-0.25, -0.2) is 4.98 Å². The van der Waals surface area contributed by atoms with Crippen molar-refractivity contribution in [3.8, 4) is 0 Å². The maximum absolute atomic E-state index is 5.53. The van der Waals surface area contributed by atoms with Crippen LogP contribution < -0.4 is 5.32 Å². The average molecular weight is 193 g/mol. The summed E-state index contributed by atoms with van der Waals surface area (Å²) in [5.74, 6) is 1.97. The molecular weight excluding hydrogens is 178 g/mol. The van der Waals surface area contributed by atoms with Gasteiger partial charge in [0.05, 0.1) is 6.61 Å². The SMILES string of the molecule is CNC(C1=CCCO1)c1nccn1C. The van der Waals surface area contributed by atoms with Gasteiger partial charge in [-0.2, -0.15) is 0 Å². The van der Waals surface area contributed by atoms with Gasteiger partial charge >= 0.3 is 0 Å². The Hall–Kier alpha value is -1.29. The largest absolute Gasteiger partial charge is 0.496 e. The van der Waals surface area contributed by atoms with Crippen LogP contribution in [0.2, 0.25) is 0 Å². The molecule has 0 radical (unpaired) electrons. The van der Waals surface area contributed by atoms with Gasteiger partial charge in [0.25, 0.3) is 0 Å². The third-order valence-electron chi connectivity index (χ3n) is 2.42. The van der Waals surface area contributed by atoms with Gasteiger partial charge in [0.1, 0.15) is 17.6 Å². The van der Waals surface area contributed by atoms with Crippen LogP contribution in [0.25, 0.3) is 0 Å². The molecule has 4 nitrogen and oxygen atoms in total. The molecule has 1 N–H and O–H groups in total. The van der Waals surface area contributed by atoms with Crippen LogP contribution in [0.3, 0.4) is 0 Å². The molecule has 0 spiro atoms. The molecule has 76 valence electrons. The molecule has 0 bridgehead atoms. The van der Waals surface area contributed by atoms with Gasteiger partial charge < -0.3 is 14.6 Å². The Labute approximate surface area is 83.6 Å². The highest BCUT2D eigenvalue weighted by molar-refractivity contribution is 5.15. The minimum Gasteiger partial charge on any atom is -0.496 e. The van der Waals surface area contributed by atoms with Crippen LogP contribution in [0, 0.1) is 0 Å². The summed E-state index contributed by atoms with van der Waals surface area (Å²) in [6.45, 7) is 0.790. The summed E-state index contributed by atoms with van der Waals surface area (Å²) in [6.07, 6.45) is 6.86. The zero-order valence-electron chi connectivity index (χ0n) is 8.53. The molecule has 1 atom stereocenters. The lowest BCUT2D eigenvalue weighted by atomic mass is 10.2. The first-order chi connectivity index (χ1) is 6.83. The van der Waals surface area contributed by atoms with Gasteiger partial charge in [-0.1, -0.05) is 0 Å². The molecular formula is C10H15N3O. The number of nitrogens with zero attached hydrogens (tertiary/aromatic N) is 2. The second-order valence-corrected chi connectivity index (χ2v) is 3.36. The monoisotopic (exact) mass is 193 g/mol. The summed E-state index contributed by atoms with van der Waals surface area (Å²) in [6, 6.07) is 0.0810. The molecule has 0 aliphatic carbocycles. The van der Waals surface area contributed by atoms with E-state index < -0.39 is 0 Å². The van der Waals surface area contributed by atoms with Crippen molar-refractivity contribution < 1.29 is 4.74 Å². The third kappa shape index (κ3) is 1.53. The van der Waals surface area contributed by atoms with E-state index in [4.69, 9.17) is 4.74 Å². The number of aryl methyl sites for hydroxylation is 1. The van der Waals surface area contributed by atoms with E-state index >= 15 is 0 Å². The minimum atomic E-state index is 0.0810. The Bertz CT molecular complexity index is 343. The molecule has 2 heterocycles. The Balaban J connectivity index is 2.25. The fourth-order valence-corrected chi connectivity index (χ4v) is 1.69. The molecule has 0 amide bonds. The molecule has 1 aromatic rings. The summed E-state index contributed by atoms with van der Waals surface area (Å²) < 4.78 is 7.53. The Kier molecular flexibility index (Phi) is 2.54. The third-order valence-corrected chi connectivity index (χ3v) is 2.42. The minimum absolute atomic E-state index is 0.0810. The van der Waals surface area contributed by atoms with E-state index in [0.717, 1.165) is 24.6 Å². The second kappa shape index (κ2) is 3.84. The highest BCUT2D eigenvalue weighted by Gasteiger charge is 2.22. The van der Waals surface area contributed by atoms with Gasteiger partial charge in [-0.05, 0) is 13.1 Å². The summed E-state index contributed by atoms with van der Waals surface area (Å²) in [5.41, 5.74) is 0. The molecule has 0 saturated heterocycles. The number of nitrogens with one attached hydrogen (secondary N) is 1. The zero-order valence-corrected chi connectivity index (χ0v) is 8.53. The van der Waals surface area contributed by atoms with E-state index in [1.165, 1.54) is 0 Å². The quantitative estimate of drug-likeness (QED) is 0.778. The highest BCUT2D eigenvalue weighted by atomic mass is 16.5. The van der Waals surface area contributed by atoms with Crippen molar-refractivity contribution in [2.24, 2.45) is 7.05 Å². The number of aromatic nitrogens is 2. The van der Waals surface area contributed by atoms with Crippen molar-refractivity contribution in [3.05, 3.63) is 30.1 Å². The molecule has 0 aromatic carbocycles. The molecule has 4 heteroatoms. The number of imidazole rings is 1. The summed E-state index contributed by atoms with van der Waals surface area (Å²) >= 11 is 0. The van der Waals surface area contributed by atoms with Crippen LogP contribution >= 0.6 is 0 Å². The number of hydrogen-bond donors (Lipinski definition) is 1. The number of hydrogen-bond acceptors (Lipinski definition) is 3. The average Bonchev–Trinajstić information content (AvgIpc) is 2.80. The molecule has 1 aromatic heterocycles. The van der Waals surface area contributed by atoms with Crippen LogP contribution in [0.1, 0.15) is 18.3 Å². The molecule has 1 aliphatic heterocycles. The van der Waals surface area contributed by atoms with Crippen molar-refractivity contribution in [2.45, 2.75) is 12.5 Å². The van der Waals surface area contributed by atoms with Gasteiger partial charge in [-0.15, -0.1) is 0 Å². The maximum atomic E-state index is 5.53. The first-order valence-electron chi connectivity index (χ1n) is 4.80. The predicted molar refractivity (Wildman–Crippen MR) is 53.7 cm³/mol. The van der Waals surface area contributed by atoms with Gasteiger partial charge in [0.2, 0.25) is 0 Å². The summed E-state index contributed by atoms with van der Waals surface area (Å²) in [7, 11) is 3.91. The fraction of sp³-hybridized carbons (Fsp3) is 0.500. The van der Waals surface area contributed by atoms with Crippen molar-refractivity contribution >= 4 is 0 Å². The van der Waals surface area contributed by atoms with Crippen LogP contribution in [0.5, 0.6) is 0 Å².